The highest BCUT2D eigenvalue weighted by Crippen LogP contribution is 2.49. The Labute approximate surface area is 353 Å². The van der Waals surface area contributed by atoms with E-state index in [0.717, 1.165) is 77.8 Å². The number of rotatable bonds is 7. The Morgan fingerprint density at radius 1 is 0.344 bits per heavy atom. The van der Waals surface area contributed by atoms with Crippen molar-refractivity contribution in [1.82, 2.24) is 4.57 Å². The van der Waals surface area contributed by atoms with Gasteiger partial charge in [-0.25, -0.2) is 0 Å². The standard InChI is InChI=1S/C58H38N2O/c1-4-16-39(17-5-1)40-30-33-44(34-31-40)59(45-35-37-48-47-24-12-13-28-53(47)60(55(48)38-45)43-21-8-3-9-22-43)54-29-15-25-49(56(54)42-19-6-2-7-20-42)50-26-14-27-51-52-36-32-41-18-10-11-23-46(41)57(52)61-58(50)51/h1-38H. The number of furan rings is 1. The monoisotopic (exact) mass is 778 g/mol. The van der Waals surface area contributed by atoms with Crippen LogP contribution in [0.15, 0.2) is 235 Å². The topological polar surface area (TPSA) is 21.3 Å². The minimum atomic E-state index is 0.885. The van der Waals surface area contributed by atoms with Gasteiger partial charge in [-0.1, -0.05) is 176 Å². The normalized spacial score (nSPS) is 11.6. The zero-order chi connectivity index (χ0) is 40.3. The minimum absolute atomic E-state index is 0.885. The Kier molecular flexibility index (Phi) is 8.17. The molecule has 2 aromatic heterocycles. The molecule has 0 N–H and O–H groups in total. The predicted molar refractivity (Wildman–Crippen MR) is 257 cm³/mol. The van der Waals surface area contributed by atoms with E-state index in [1.54, 1.807) is 0 Å². The van der Waals surface area contributed by atoms with Gasteiger partial charge in [-0.15, -0.1) is 0 Å². The van der Waals surface area contributed by atoms with Crippen molar-refractivity contribution in [2.45, 2.75) is 0 Å². The molecule has 0 spiro atoms. The summed E-state index contributed by atoms with van der Waals surface area (Å²) >= 11 is 0. The number of hydrogen-bond donors (Lipinski definition) is 0. The summed E-state index contributed by atoms with van der Waals surface area (Å²) in [5.74, 6) is 0. The maximum Gasteiger partial charge on any atom is 0.143 e. The van der Waals surface area contributed by atoms with Crippen LogP contribution in [0.3, 0.4) is 0 Å². The van der Waals surface area contributed by atoms with E-state index in [0.29, 0.717) is 0 Å². The van der Waals surface area contributed by atoms with Crippen molar-refractivity contribution < 1.29 is 4.42 Å². The molecule has 0 bridgehead atoms. The lowest BCUT2D eigenvalue weighted by Crippen LogP contribution is -2.12. The van der Waals surface area contributed by atoms with Gasteiger partial charge in [0.05, 0.1) is 16.7 Å². The summed E-state index contributed by atoms with van der Waals surface area (Å²) in [7, 11) is 0. The molecule has 0 atom stereocenters. The van der Waals surface area contributed by atoms with Gasteiger partial charge in [0.2, 0.25) is 0 Å². The van der Waals surface area contributed by atoms with E-state index in [4.69, 9.17) is 4.42 Å². The van der Waals surface area contributed by atoms with Gasteiger partial charge >= 0.3 is 0 Å². The largest absolute Gasteiger partial charge is 0.455 e. The van der Waals surface area contributed by atoms with Gasteiger partial charge in [0.25, 0.3) is 0 Å². The van der Waals surface area contributed by atoms with Crippen LogP contribution in [0.4, 0.5) is 17.1 Å². The number of fused-ring (bicyclic) bond motifs is 8. The first-order valence-electron chi connectivity index (χ1n) is 20.8. The van der Waals surface area contributed by atoms with Crippen molar-refractivity contribution in [2.75, 3.05) is 4.90 Å². The van der Waals surface area contributed by atoms with Crippen molar-refractivity contribution in [1.29, 1.82) is 0 Å². The second-order valence-corrected chi connectivity index (χ2v) is 15.7. The van der Waals surface area contributed by atoms with E-state index in [2.05, 4.69) is 240 Å². The van der Waals surface area contributed by atoms with Crippen LogP contribution in [0.2, 0.25) is 0 Å². The molecule has 3 nitrogen and oxygen atoms in total. The third-order valence-electron chi connectivity index (χ3n) is 12.2. The first-order valence-corrected chi connectivity index (χ1v) is 20.8. The lowest BCUT2D eigenvalue weighted by atomic mass is 9.91. The fraction of sp³-hybridized carbons (Fsp3) is 0. The molecule has 10 aromatic carbocycles. The lowest BCUT2D eigenvalue weighted by molar-refractivity contribution is 0.674. The molecular formula is C58H38N2O. The molecule has 61 heavy (non-hydrogen) atoms. The summed E-state index contributed by atoms with van der Waals surface area (Å²) in [5.41, 5.74) is 15.2. The van der Waals surface area contributed by atoms with E-state index in [1.165, 1.54) is 32.8 Å². The number of nitrogens with zero attached hydrogens (tertiary/aromatic N) is 2. The van der Waals surface area contributed by atoms with Gasteiger partial charge in [-0.05, 0) is 82.2 Å². The average molecular weight is 779 g/mol. The minimum Gasteiger partial charge on any atom is -0.455 e. The zero-order valence-electron chi connectivity index (χ0n) is 33.2. The Balaban J connectivity index is 1.14. The fourth-order valence-corrected chi connectivity index (χ4v) is 9.41. The molecule has 12 rings (SSSR count). The molecule has 0 radical (unpaired) electrons. The van der Waals surface area contributed by atoms with Gasteiger partial charge in [-0.3, -0.25) is 0 Å². The molecule has 0 unspecified atom stereocenters. The van der Waals surface area contributed by atoms with E-state index in [-0.39, 0.29) is 0 Å². The van der Waals surface area contributed by atoms with E-state index >= 15 is 0 Å². The maximum atomic E-state index is 6.98. The maximum absolute atomic E-state index is 6.98. The van der Waals surface area contributed by atoms with E-state index < -0.39 is 0 Å². The van der Waals surface area contributed by atoms with Crippen LogP contribution in [0.5, 0.6) is 0 Å². The number of para-hydroxylation sites is 3. The Morgan fingerprint density at radius 2 is 0.918 bits per heavy atom. The second-order valence-electron chi connectivity index (χ2n) is 15.7. The van der Waals surface area contributed by atoms with Crippen molar-refractivity contribution in [3.05, 3.63) is 231 Å². The number of hydrogen-bond acceptors (Lipinski definition) is 2. The smallest absolute Gasteiger partial charge is 0.143 e. The molecule has 0 aliphatic heterocycles. The lowest BCUT2D eigenvalue weighted by Gasteiger charge is -2.29. The Hall–Kier alpha value is -8.14. The van der Waals surface area contributed by atoms with Crippen molar-refractivity contribution in [3.8, 4) is 39.1 Å². The van der Waals surface area contributed by atoms with Crippen LogP contribution < -0.4 is 4.90 Å². The van der Waals surface area contributed by atoms with E-state index in [1.807, 2.05) is 0 Å². The molecule has 0 fully saturated rings. The third kappa shape index (κ3) is 5.74. The zero-order valence-corrected chi connectivity index (χ0v) is 33.2. The van der Waals surface area contributed by atoms with Crippen LogP contribution in [0.25, 0.3) is 93.6 Å². The molecule has 0 saturated carbocycles. The van der Waals surface area contributed by atoms with Crippen molar-refractivity contribution in [3.63, 3.8) is 0 Å². The van der Waals surface area contributed by atoms with E-state index in [9.17, 15) is 0 Å². The van der Waals surface area contributed by atoms with Gasteiger partial charge < -0.3 is 13.9 Å². The summed E-state index contributed by atoms with van der Waals surface area (Å²) in [6, 6.07) is 82.9. The summed E-state index contributed by atoms with van der Waals surface area (Å²) in [6.45, 7) is 0. The highest BCUT2D eigenvalue weighted by atomic mass is 16.3. The average Bonchev–Trinajstić information content (AvgIpc) is 3.89. The van der Waals surface area contributed by atoms with Gasteiger partial charge in [0, 0.05) is 55.1 Å². The van der Waals surface area contributed by atoms with Crippen LogP contribution in [0, 0.1) is 0 Å². The molecule has 0 amide bonds. The van der Waals surface area contributed by atoms with Crippen molar-refractivity contribution in [2.24, 2.45) is 0 Å². The summed E-state index contributed by atoms with van der Waals surface area (Å²) in [6.07, 6.45) is 0. The highest BCUT2D eigenvalue weighted by molar-refractivity contribution is 6.18. The molecule has 0 aliphatic carbocycles. The molecule has 3 heteroatoms. The summed E-state index contributed by atoms with van der Waals surface area (Å²) in [4.78, 5) is 2.43. The molecular weight excluding hydrogens is 741 g/mol. The van der Waals surface area contributed by atoms with Gasteiger partial charge in [0.15, 0.2) is 0 Å². The summed E-state index contributed by atoms with van der Waals surface area (Å²) < 4.78 is 9.38. The molecule has 2 heterocycles. The third-order valence-corrected chi connectivity index (χ3v) is 12.2. The van der Waals surface area contributed by atoms with Crippen LogP contribution >= 0.6 is 0 Å². The first kappa shape index (κ1) is 34.9. The fourth-order valence-electron chi connectivity index (χ4n) is 9.41. The molecule has 286 valence electrons. The van der Waals surface area contributed by atoms with Crippen LogP contribution in [0.1, 0.15) is 0 Å². The number of aromatic nitrogens is 1. The quantitative estimate of drug-likeness (QED) is 0.161. The predicted octanol–water partition coefficient (Wildman–Crippen LogP) is 16.3. The van der Waals surface area contributed by atoms with Gasteiger partial charge in [0.1, 0.15) is 11.2 Å². The first-order chi connectivity index (χ1) is 30.3. The van der Waals surface area contributed by atoms with Crippen LogP contribution in [-0.4, -0.2) is 4.57 Å². The second kappa shape index (κ2) is 14.3. The van der Waals surface area contributed by atoms with Crippen LogP contribution in [-0.2, 0) is 0 Å². The Bertz CT molecular complexity index is 3570. The van der Waals surface area contributed by atoms with Gasteiger partial charge in [-0.2, -0.15) is 0 Å². The molecule has 0 aliphatic rings. The Morgan fingerprint density at radius 3 is 1.72 bits per heavy atom. The van der Waals surface area contributed by atoms with Crippen molar-refractivity contribution >= 4 is 71.6 Å². The number of anilines is 3. The highest BCUT2D eigenvalue weighted by Gasteiger charge is 2.24. The summed E-state index contributed by atoms with van der Waals surface area (Å²) in [5, 5.41) is 6.95. The number of benzene rings is 10. The molecule has 0 saturated heterocycles. The SMILES string of the molecule is c1ccc(-c2ccc(N(c3ccc4c5ccccc5n(-c5ccccc5)c4c3)c3cccc(-c4cccc5c4oc4c6ccccc6ccc54)c3-c3ccccc3)cc2)cc1. The molecule has 12 aromatic rings.